The molecule has 2 fully saturated rings. The van der Waals surface area contributed by atoms with Gasteiger partial charge in [-0.3, -0.25) is 0 Å². The summed E-state index contributed by atoms with van der Waals surface area (Å²) in [5, 5.41) is 0. The molecule has 133 heavy (non-hydrogen) atoms. The Morgan fingerprint density at radius 3 is 0.549 bits per heavy atom. The van der Waals surface area contributed by atoms with E-state index in [-0.39, 0.29) is 51.8 Å². The van der Waals surface area contributed by atoms with E-state index < -0.39 is 5.60 Å². The molecule has 16 aromatic rings. The molecule has 2 saturated heterocycles. The lowest BCUT2D eigenvalue weighted by Gasteiger charge is -2.33. The van der Waals surface area contributed by atoms with Crippen molar-refractivity contribution >= 4 is 6.09 Å². The van der Waals surface area contributed by atoms with Gasteiger partial charge in [0.1, 0.15) is 173 Å². The molecule has 1 atom stereocenters. The van der Waals surface area contributed by atoms with Crippen LogP contribution in [0.25, 0.3) is 0 Å². The van der Waals surface area contributed by atoms with Crippen molar-refractivity contribution in [3.8, 4) is 80.5 Å². The van der Waals surface area contributed by atoms with Crippen molar-refractivity contribution in [3.05, 3.63) is 489 Å². The summed E-state index contributed by atoms with van der Waals surface area (Å²) < 4.78 is 98.2. The highest BCUT2D eigenvalue weighted by Crippen LogP contribution is 2.50. The van der Waals surface area contributed by atoms with Crippen LogP contribution in [-0.2, 0) is 103 Å². The molecular weight excluding hydrogens is 1660 g/mol. The number of rotatable bonds is 44. The van der Waals surface area contributed by atoms with Crippen molar-refractivity contribution in [1.29, 1.82) is 0 Å². The first kappa shape index (κ1) is 87.7. The number of amides is 1. The van der Waals surface area contributed by atoms with Gasteiger partial charge in [0.05, 0.1) is 6.04 Å². The molecule has 0 radical (unpaired) electrons. The van der Waals surface area contributed by atoms with Crippen LogP contribution in [0.4, 0.5) is 4.79 Å². The minimum Gasteiger partial charge on any atom is -0.489 e. The third-order valence-corrected chi connectivity index (χ3v) is 22.8. The fourth-order valence-electron chi connectivity index (χ4n) is 16.2. The Morgan fingerprint density at radius 1 is 0.203 bits per heavy atom. The molecule has 16 aromatic carbocycles. The minimum atomic E-state index is -1.14. The van der Waals surface area contributed by atoms with Crippen LogP contribution >= 0.6 is 0 Å². The van der Waals surface area contributed by atoms with E-state index in [0.29, 0.717) is 140 Å². The van der Waals surface area contributed by atoms with Crippen LogP contribution in [0, 0.1) is 0 Å². The van der Waals surface area contributed by atoms with E-state index in [1.165, 1.54) is 0 Å². The molecule has 0 bridgehead atoms. The fraction of sp³-hybridized carbons (Fsp3) is 0.164. The van der Waals surface area contributed by atoms with Gasteiger partial charge < -0.3 is 76.0 Å². The summed E-state index contributed by atoms with van der Waals surface area (Å²) in [7, 11) is 0. The molecule has 1 amide bonds. The smallest absolute Gasteiger partial charge is 0.411 e. The molecule has 0 saturated carbocycles. The maximum Gasteiger partial charge on any atom is 0.411 e. The summed E-state index contributed by atoms with van der Waals surface area (Å²) in [5.41, 5.74) is 13.7. The normalized spacial score (nSPS) is 12.9. The highest BCUT2D eigenvalue weighted by Gasteiger charge is 2.58. The first-order chi connectivity index (χ1) is 65.6. The van der Waals surface area contributed by atoms with Crippen LogP contribution in [0.1, 0.15) is 102 Å². The SMILES string of the molecule is O=C1OC(c2ccc(OCc3cc(OCc4ccccc4)cc(OCc4cc(OCc5ccccc5)cc(OCc5cc(OCc6ccccc6)cc(OCc6ccccc6)c5)c4)c3)cc2)(c2ccc(OCc3cc(OCc4ccccc4)cc(OCc4cc(OCc5ccccc5)cc(OCc5cc(OCc6ccccc6)cc(OCc6ccccc6)c5)c4)c3)cc2)[C@@H]2CCCN12. The molecule has 0 aliphatic carbocycles. The number of carbonyl (C=O) groups excluding carboxylic acids is 1. The molecule has 0 aromatic heterocycles. The molecule has 17 nitrogen and oxygen atoms in total. The van der Waals surface area contributed by atoms with Gasteiger partial charge >= 0.3 is 6.09 Å². The number of fused-ring (bicyclic) bond motifs is 1. The lowest BCUT2D eigenvalue weighted by molar-refractivity contribution is 0.0669. The molecule has 2 aliphatic heterocycles. The lowest BCUT2D eigenvalue weighted by Crippen LogP contribution is -2.40. The summed E-state index contributed by atoms with van der Waals surface area (Å²) in [4.78, 5) is 15.9. The molecule has 0 unspecified atom stereocenters. The quantitative estimate of drug-likeness (QED) is 0.0355. The van der Waals surface area contributed by atoms with Crippen molar-refractivity contribution in [2.24, 2.45) is 0 Å². The van der Waals surface area contributed by atoms with E-state index in [9.17, 15) is 4.79 Å². The van der Waals surface area contributed by atoms with Crippen molar-refractivity contribution in [3.63, 3.8) is 0 Å². The minimum absolute atomic E-state index is 0.159. The van der Waals surface area contributed by atoms with E-state index in [0.717, 1.165) is 102 Å². The van der Waals surface area contributed by atoms with Crippen molar-refractivity contribution in [1.82, 2.24) is 4.90 Å². The number of benzene rings is 16. The Kier molecular flexibility index (Phi) is 28.9. The van der Waals surface area contributed by atoms with Crippen LogP contribution in [0.5, 0.6) is 80.5 Å². The van der Waals surface area contributed by atoms with Gasteiger partial charge in [-0.1, -0.05) is 267 Å². The predicted molar refractivity (Wildman–Crippen MR) is 511 cm³/mol. The number of ether oxygens (including phenoxy) is 15. The second-order valence-corrected chi connectivity index (χ2v) is 32.8. The topological polar surface area (TPSA) is 159 Å². The number of cyclic esters (lactones) is 1. The Labute approximate surface area is 775 Å². The Bertz CT molecular complexity index is 5930. The van der Waals surface area contributed by atoms with Gasteiger partial charge in [0, 0.05) is 54.1 Å². The molecule has 2 aliphatic rings. The standard InChI is InChI=1S/C116H101NO16/c118-115-117-51-25-42-114(117)116(133-115,98-43-47-100(48-44-98)119-78-92-52-102(121-70-84-26-9-1-10-27-84)66-110(54-92)129-82-96-60-108(127-76-90-38-21-7-22-39-90)68-112(62-96)131-80-94-56-104(123-72-86-30-13-3-14-31-86)64-105(57-94)124-73-87-32-15-4-16-33-87)99-45-49-101(50-46-99)120-79-93-53-103(122-71-85-28-11-2-12-29-85)67-111(55-93)130-83-97-61-109(128-77-91-40-23-8-24-41-91)69-113(63-97)132-81-95-58-106(125-74-88-34-17-5-18-35-88)65-107(59-95)126-75-89-36-19-6-20-37-89/h1-24,26-41,43-50,52-69,114H,25,42,51,70-83H2/t114-/m0/s1. The van der Waals surface area contributed by atoms with E-state index >= 15 is 0 Å². The number of hydrogen-bond acceptors (Lipinski definition) is 16. The number of carbonyl (C=O) groups is 1. The summed E-state index contributed by atoms with van der Waals surface area (Å²) in [6.45, 7) is 4.57. The summed E-state index contributed by atoms with van der Waals surface area (Å²) in [5.74, 6) is 8.58. The monoisotopic (exact) mass is 1760 g/mol. The van der Waals surface area contributed by atoms with Crippen molar-refractivity contribution in [2.45, 2.75) is 117 Å². The van der Waals surface area contributed by atoms with Crippen molar-refractivity contribution < 1.29 is 75.8 Å². The Hall–Kier alpha value is -16.0. The average molecular weight is 1770 g/mol. The van der Waals surface area contributed by atoms with Gasteiger partial charge in [-0.05, 0) is 188 Å². The molecule has 0 spiro atoms. The molecule has 18 rings (SSSR count). The maximum absolute atomic E-state index is 14.1. The van der Waals surface area contributed by atoms with Gasteiger partial charge in [0.2, 0.25) is 0 Å². The van der Waals surface area contributed by atoms with Crippen LogP contribution in [0.2, 0.25) is 0 Å². The lowest BCUT2D eigenvalue weighted by atomic mass is 9.79. The fourth-order valence-corrected chi connectivity index (χ4v) is 16.2. The predicted octanol–water partition coefficient (Wildman–Crippen LogP) is 25.7. The largest absolute Gasteiger partial charge is 0.489 e. The molecule has 0 N–H and O–H groups in total. The average Bonchev–Trinajstić information content (AvgIpc) is 1.57. The van der Waals surface area contributed by atoms with E-state index in [1.807, 2.05) is 405 Å². The van der Waals surface area contributed by atoms with E-state index in [4.69, 9.17) is 71.1 Å². The Balaban J connectivity index is 0.558. The molecule has 666 valence electrons. The van der Waals surface area contributed by atoms with Gasteiger partial charge in [-0.15, -0.1) is 0 Å². The van der Waals surface area contributed by atoms with E-state index in [2.05, 4.69) is 0 Å². The molecular formula is C116H101NO16. The van der Waals surface area contributed by atoms with Gasteiger partial charge in [-0.25, -0.2) is 4.79 Å². The molecule has 17 heteroatoms. The maximum atomic E-state index is 14.1. The zero-order chi connectivity index (χ0) is 89.8. The number of nitrogens with zero attached hydrogens (tertiary/aromatic N) is 1. The van der Waals surface area contributed by atoms with Gasteiger partial charge in [0.15, 0.2) is 5.60 Å². The van der Waals surface area contributed by atoms with Crippen LogP contribution < -0.4 is 66.3 Å². The zero-order valence-corrected chi connectivity index (χ0v) is 73.7. The summed E-state index contributed by atoms with van der Waals surface area (Å²) in [6.07, 6.45) is 1.23. The van der Waals surface area contributed by atoms with E-state index in [1.54, 1.807) is 0 Å². The second kappa shape index (κ2) is 43.9. The van der Waals surface area contributed by atoms with Gasteiger partial charge in [-0.2, -0.15) is 0 Å². The van der Waals surface area contributed by atoms with Crippen LogP contribution in [-0.4, -0.2) is 23.6 Å². The summed E-state index contributed by atoms with van der Waals surface area (Å²) >= 11 is 0. The second-order valence-electron chi connectivity index (χ2n) is 32.8. The van der Waals surface area contributed by atoms with Crippen LogP contribution in [0.3, 0.4) is 0 Å². The van der Waals surface area contributed by atoms with Crippen molar-refractivity contribution in [2.75, 3.05) is 6.54 Å². The highest BCUT2D eigenvalue weighted by atomic mass is 16.6. The highest BCUT2D eigenvalue weighted by molar-refractivity contribution is 5.74. The number of hydrogen-bond donors (Lipinski definition) is 0. The zero-order valence-electron chi connectivity index (χ0n) is 73.7. The van der Waals surface area contributed by atoms with Crippen LogP contribution in [0.15, 0.2) is 400 Å². The molecule has 2 heterocycles. The summed E-state index contributed by atoms with van der Waals surface area (Å²) in [6, 6.07) is 131. The first-order valence-corrected chi connectivity index (χ1v) is 44.8. The van der Waals surface area contributed by atoms with Gasteiger partial charge in [0.25, 0.3) is 0 Å². The third-order valence-electron chi connectivity index (χ3n) is 22.8. The third kappa shape index (κ3) is 24.7. The first-order valence-electron chi connectivity index (χ1n) is 44.8. The Morgan fingerprint density at radius 2 is 0.368 bits per heavy atom.